The predicted molar refractivity (Wildman–Crippen MR) is 103 cm³/mol. The Labute approximate surface area is 164 Å². The zero-order valence-electron chi connectivity index (χ0n) is 15.1. The number of alkyl halides is 2. The smallest absolute Gasteiger partial charge is 0.387 e. The van der Waals surface area contributed by atoms with Gasteiger partial charge < -0.3 is 9.47 Å². The van der Waals surface area contributed by atoms with Crippen LogP contribution in [0.5, 0.6) is 5.75 Å². The van der Waals surface area contributed by atoms with Crippen LogP contribution in [0.2, 0.25) is 25.7 Å². The molecular formula is C16H20BrF2N3O4Si. The van der Waals surface area contributed by atoms with Crippen LogP contribution >= 0.6 is 15.9 Å². The molecule has 1 heterocycles. The van der Waals surface area contributed by atoms with Crippen molar-refractivity contribution in [2.75, 3.05) is 6.61 Å². The molecule has 1 aromatic heterocycles. The van der Waals surface area contributed by atoms with Crippen LogP contribution in [0.3, 0.4) is 0 Å². The fourth-order valence-corrected chi connectivity index (χ4v) is 3.42. The zero-order chi connectivity index (χ0) is 20.2. The second-order valence-corrected chi connectivity index (χ2v) is 13.5. The quantitative estimate of drug-likeness (QED) is 0.222. The molecule has 27 heavy (non-hydrogen) atoms. The first-order chi connectivity index (χ1) is 12.6. The van der Waals surface area contributed by atoms with Crippen molar-refractivity contribution in [3.8, 4) is 17.0 Å². The van der Waals surface area contributed by atoms with Gasteiger partial charge in [-0.25, -0.2) is 4.68 Å². The molecule has 2 rings (SSSR count). The van der Waals surface area contributed by atoms with Crippen LogP contribution in [-0.2, 0) is 11.5 Å². The highest BCUT2D eigenvalue weighted by atomic mass is 79.9. The number of rotatable bonds is 9. The van der Waals surface area contributed by atoms with Gasteiger partial charge in [-0.2, -0.15) is 13.9 Å². The lowest BCUT2D eigenvalue weighted by molar-refractivity contribution is -0.384. The number of hydrogen-bond acceptors (Lipinski definition) is 5. The Bertz CT molecular complexity index is 811. The molecule has 0 saturated heterocycles. The number of nitro groups is 1. The summed E-state index contributed by atoms with van der Waals surface area (Å²) in [6, 6.07) is 5.22. The summed E-state index contributed by atoms with van der Waals surface area (Å²) >= 11 is 3.25. The van der Waals surface area contributed by atoms with E-state index in [9.17, 15) is 18.9 Å². The molecule has 0 spiro atoms. The normalized spacial score (nSPS) is 11.8. The van der Waals surface area contributed by atoms with E-state index in [1.165, 1.54) is 22.9 Å². The van der Waals surface area contributed by atoms with Crippen molar-refractivity contribution in [2.45, 2.75) is 39.0 Å². The second kappa shape index (κ2) is 8.89. The second-order valence-electron chi connectivity index (χ2n) is 7.00. The number of halogens is 3. The lowest BCUT2D eigenvalue weighted by atomic mass is 10.1. The predicted octanol–water partition coefficient (Wildman–Crippen LogP) is 5.13. The Kier molecular flexibility index (Phi) is 7.06. The SMILES string of the molecule is C[Si](C)(C)CCOCn1ncc([N+](=O)[O-])c1-c1cc(Br)ccc1OC(F)F. The standard InChI is InChI=1S/C16H20BrF2N3O4Si/c1-27(2,3)7-6-25-10-21-15(13(9-20-21)22(23)24)12-8-11(17)4-5-14(12)26-16(18)19/h4-5,8-9,16H,6-7,10H2,1-3H3. The number of hydrogen-bond donors (Lipinski definition) is 0. The minimum atomic E-state index is -3.06. The number of aromatic nitrogens is 2. The molecule has 148 valence electrons. The fraction of sp³-hybridized carbons (Fsp3) is 0.438. The highest BCUT2D eigenvalue weighted by Crippen LogP contribution is 2.38. The summed E-state index contributed by atoms with van der Waals surface area (Å²) in [6.07, 6.45) is 1.07. The van der Waals surface area contributed by atoms with Gasteiger partial charge in [-0.3, -0.25) is 10.1 Å². The Morgan fingerprint density at radius 3 is 2.67 bits per heavy atom. The van der Waals surface area contributed by atoms with Crippen LogP contribution in [0.1, 0.15) is 0 Å². The van der Waals surface area contributed by atoms with Crippen molar-refractivity contribution in [3.05, 3.63) is 39.0 Å². The van der Waals surface area contributed by atoms with Crippen LogP contribution in [0.15, 0.2) is 28.9 Å². The van der Waals surface area contributed by atoms with E-state index in [4.69, 9.17) is 4.74 Å². The van der Waals surface area contributed by atoms with Gasteiger partial charge >= 0.3 is 12.3 Å². The van der Waals surface area contributed by atoms with Crippen LogP contribution in [0.25, 0.3) is 11.3 Å². The average Bonchev–Trinajstić information content (AvgIpc) is 2.96. The van der Waals surface area contributed by atoms with E-state index in [0.717, 1.165) is 12.2 Å². The number of ether oxygens (including phenoxy) is 2. The molecule has 0 aliphatic rings. The fourth-order valence-electron chi connectivity index (χ4n) is 2.30. The topological polar surface area (TPSA) is 79.4 Å². The zero-order valence-corrected chi connectivity index (χ0v) is 17.7. The van der Waals surface area contributed by atoms with Crippen molar-refractivity contribution >= 4 is 29.7 Å². The Hall–Kier alpha value is -1.85. The Morgan fingerprint density at radius 1 is 1.37 bits per heavy atom. The van der Waals surface area contributed by atoms with E-state index in [0.29, 0.717) is 11.1 Å². The van der Waals surface area contributed by atoms with Gasteiger partial charge in [-0.05, 0) is 24.2 Å². The van der Waals surface area contributed by atoms with Crippen LogP contribution < -0.4 is 4.74 Å². The molecule has 7 nitrogen and oxygen atoms in total. The maximum atomic E-state index is 12.8. The summed E-state index contributed by atoms with van der Waals surface area (Å²) in [6.45, 7) is 4.01. The molecular weight excluding hydrogens is 444 g/mol. The monoisotopic (exact) mass is 463 g/mol. The van der Waals surface area contributed by atoms with Gasteiger partial charge in [0.25, 0.3) is 0 Å². The van der Waals surface area contributed by atoms with E-state index >= 15 is 0 Å². The third-order valence-electron chi connectivity index (χ3n) is 3.64. The average molecular weight is 464 g/mol. The van der Waals surface area contributed by atoms with Crippen molar-refractivity contribution in [1.29, 1.82) is 0 Å². The van der Waals surface area contributed by atoms with E-state index in [1.54, 1.807) is 0 Å². The minimum Gasteiger partial charge on any atom is -0.434 e. The molecule has 0 amide bonds. The summed E-state index contributed by atoms with van der Waals surface area (Å²) in [7, 11) is -1.29. The maximum Gasteiger partial charge on any atom is 0.387 e. The summed E-state index contributed by atoms with van der Waals surface area (Å²) in [5, 5.41) is 15.4. The van der Waals surface area contributed by atoms with E-state index in [1.807, 2.05) is 0 Å². The van der Waals surface area contributed by atoms with Gasteiger partial charge in [0.1, 0.15) is 18.7 Å². The van der Waals surface area contributed by atoms with Crippen LogP contribution in [0.4, 0.5) is 14.5 Å². The summed E-state index contributed by atoms with van der Waals surface area (Å²) in [5.41, 5.74) is -0.145. The lowest BCUT2D eigenvalue weighted by Crippen LogP contribution is -2.22. The Balaban J connectivity index is 2.39. The van der Waals surface area contributed by atoms with Gasteiger partial charge in [0, 0.05) is 19.2 Å². The molecule has 0 atom stereocenters. The molecule has 0 aliphatic carbocycles. The molecule has 0 radical (unpaired) electrons. The molecule has 2 aromatic rings. The van der Waals surface area contributed by atoms with Gasteiger partial charge in [0.05, 0.1) is 10.5 Å². The number of nitrogens with zero attached hydrogens (tertiary/aromatic N) is 3. The third-order valence-corrected chi connectivity index (χ3v) is 5.84. The first kappa shape index (κ1) is 21.4. The summed E-state index contributed by atoms with van der Waals surface area (Å²) < 4.78 is 37.5. The summed E-state index contributed by atoms with van der Waals surface area (Å²) in [4.78, 5) is 10.8. The third kappa shape index (κ3) is 6.08. The van der Waals surface area contributed by atoms with Crippen LogP contribution in [0, 0.1) is 10.1 Å². The van der Waals surface area contributed by atoms with Crippen molar-refractivity contribution in [3.63, 3.8) is 0 Å². The van der Waals surface area contributed by atoms with Crippen LogP contribution in [-0.4, -0.2) is 36.0 Å². The first-order valence-corrected chi connectivity index (χ1v) is 12.6. The molecule has 0 aliphatic heterocycles. The van der Waals surface area contributed by atoms with Gasteiger partial charge in [0.2, 0.25) is 0 Å². The Morgan fingerprint density at radius 2 is 2.07 bits per heavy atom. The van der Waals surface area contributed by atoms with Crippen molar-refractivity contribution in [1.82, 2.24) is 9.78 Å². The highest BCUT2D eigenvalue weighted by Gasteiger charge is 2.26. The molecule has 0 bridgehead atoms. The molecule has 0 fully saturated rings. The molecule has 0 N–H and O–H groups in total. The van der Waals surface area contributed by atoms with Gasteiger partial charge in [-0.1, -0.05) is 35.6 Å². The van der Waals surface area contributed by atoms with E-state index in [2.05, 4.69) is 45.4 Å². The molecule has 1 aromatic carbocycles. The lowest BCUT2D eigenvalue weighted by Gasteiger charge is -2.16. The van der Waals surface area contributed by atoms with Gasteiger partial charge in [0.15, 0.2) is 5.69 Å². The van der Waals surface area contributed by atoms with Gasteiger partial charge in [-0.15, -0.1) is 0 Å². The highest BCUT2D eigenvalue weighted by molar-refractivity contribution is 9.10. The molecule has 11 heteroatoms. The minimum absolute atomic E-state index is 0.0334. The van der Waals surface area contributed by atoms with Crippen molar-refractivity contribution in [2.24, 2.45) is 0 Å². The van der Waals surface area contributed by atoms with E-state index < -0.39 is 19.6 Å². The van der Waals surface area contributed by atoms with E-state index in [-0.39, 0.29) is 29.4 Å². The maximum absolute atomic E-state index is 12.8. The largest absolute Gasteiger partial charge is 0.434 e. The van der Waals surface area contributed by atoms with Crippen molar-refractivity contribution < 1.29 is 23.2 Å². The summed E-state index contributed by atoms with van der Waals surface area (Å²) in [5.74, 6) is -0.180. The molecule has 0 unspecified atom stereocenters. The first-order valence-electron chi connectivity index (χ1n) is 8.11. The number of benzene rings is 1. The molecule has 0 saturated carbocycles.